The van der Waals surface area contributed by atoms with Crippen LogP contribution in [0.2, 0.25) is 10.0 Å². The molecule has 0 saturated carbocycles. The Kier molecular flexibility index (Phi) is 12.5. The molecule has 0 fully saturated rings. The Balaban J connectivity index is 1.32. The molecule has 0 bridgehead atoms. The molecular formula is C39H31Cl2N3O5S. The maximum atomic E-state index is 13.6. The Bertz CT molecular complexity index is 2010. The predicted molar refractivity (Wildman–Crippen MR) is 199 cm³/mol. The van der Waals surface area contributed by atoms with Crippen molar-refractivity contribution in [1.29, 1.82) is 0 Å². The number of carbonyl (C=O) groups excluding carboxylic acids is 4. The van der Waals surface area contributed by atoms with Gasteiger partial charge >= 0.3 is 5.97 Å². The van der Waals surface area contributed by atoms with E-state index in [2.05, 4.69) is 16.0 Å². The molecule has 5 rings (SSSR count). The number of thioether (sulfide) groups is 1. The first-order valence-electron chi connectivity index (χ1n) is 15.4. The van der Waals surface area contributed by atoms with Crippen molar-refractivity contribution in [3.8, 4) is 0 Å². The Morgan fingerprint density at radius 2 is 1.34 bits per heavy atom. The maximum Gasteiger partial charge on any atom is 0.338 e. The lowest BCUT2D eigenvalue weighted by Crippen LogP contribution is -2.30. The monoisotopic (exact) mass is 723 g/mol. The SMILES string of the molecule is CCOC(=O)c1ccc(NC(=O)C(Sc2ccc(NC(=O)/C(=C/c3cccc(Cl)c3Cl)NC(=O)c3ccccc3)cc2)c2ccccc2)cc1. The van der Waals surface area contributed by atoms with Gasteiger partial charge in [0.15, 0.2) is 0 Å². The van der Waals surface area contributed by atoms with Crippen molar-refractivity contribution in [3.63, 3.8) is 0 Å². The highest BCUT2D eigenvalue weighted by molar-refractivity contribution is 8.00. The minimum Gasteiger partial charge on any atom is -0.462 e. The van der Waals surface area contributed by atoms with E-state index in [-0.39, 0.29) is 23.2 Å². The zero-order valence-electron chi connectivity index (χ0n) is 26.7. The van der Waals surface area contributed by atoms with Gasteiger partial charge in [-0.05, 0) is 90.9 Å². The van der Waals surface area contributed by atoms with E-state index in [1.54, 1.807) is 104 Å². The van der Waals surface area contributed by atoms with Gasteiger partial charge in [0.05, 0.1) is 22.2 Å². The molecule has 8 nitrogen and oxygen atoms in total. The molecule has 0 spiro atoms. The van der Waals surface area contributed by atoms with Crippen LogP contribution < -0.4 is 16.0 Å². The van der Waals surface area contributed by atoms with Crippen LogP contribution in [-0.4, -0.2) is 30.3 Å². The van der Waals surface area contributed by atoms with Gasteiger partial charge in [-0.1, -0.05) is 83.9 Å². The molecule has 1 unspecified atom stereocenters. The number of carbonyl (C=O) groups is 4. The summed E-state index contributed by atoms with van der Waals surface area (Å²) in [7, 11) is 0. The summed E-state index contributed by atoms with van der Waals surface area (Å²) in [5, 5.41) is 8.37. The van der Waals surface area contributed by atoms with Crippen molar-refractivity contribution in [2.45, 2.75) is 17.1 Å². The zero-order chi connectivity index (χ0) is 35.5. The highest BCUT2D eigenvalue weighted by Crippen LogP contribution is 2.37. The predicted octanol–water partition coefficient (Wildman–Crippen LogP) is 9.05. The summed E-state index contributed by atoms with van der Waals surface area (Å²) in [5.41, 5.74) is 2.95. The smallest absolute Gasteiger partial charge is 0.338 e. The number of ether oxygens (including phenoxy) is 1. The summed E-state index contributed by atoms with van der Waals surface area (Å²) >= 11 is 13.9. The number of benzene rings is 5. The summed E-state index contributed by atoms with van der Waals surface area (Å²) in [6.45, 7) is 2.01. The van der Waals surface area contributed by atoms with Gasteiger partial charge < -0.3 is 20.7 Å². The molecule has 0 radical (unpaired) electrons. The summed E-state index contributed by atoms with van der Waals surface area (Å²) in [6, 6.07) is 36.3. The van der Waals surface area contributed by atoms with Crippen molar-refractivity contribution < 1.29 is 23.9 Å². The van der Waals surface area contributed by atoms with Crippen molar-refractivity contribution in [3.05, 3.63) is 165 Å². The Hall–Kier alpha value is -5.35. The highest BCUT2D eigenvalue weighted by atomic mass is 35.5. The second kappa shape index (κ2) is 17.3. The Morgan fingerprint density at radius 3 is 2.00 bits per heavy atom. The number of esters is 1. The quantitative estimate of drug-likeness (QED) is 0.0673. The Morgan fingerprint density at radius 1 is 0.720 bits per heavy atom. The van der Waals surface area contributed by atoms with Crippen LogP contribution in [0.5, 0.6) is 0 Å². The van der Waals surface area contributed by atoms with Gasteiger partial charge in [0.25, 0.3) is 11.8 Å². The lowest BCUT2D eigenvalue weighted by Gasteiger charge is -2.18. The fraction of sp³-hybridized carbons (Fsp3) is 0.0769. The summed E-state index contributed by atoms with van der Waals surface area (Å²) in [6.07, 6.45) is 1.46. The Labute approximate surface area is 303 Å². The number of anilines is 2. The van der Waals surface area contributed by atoms with E-state index in [0.717, 1.165) is 10.5 Å². The highest BCUT2D eigenvalue weighted by Gasteiger charge is 2.23. The van der Waals surface area contributed by atoms with Crippen LogP contribution in [0, 0.1) is 0 Å². The number of rotatable bonds is 12. The average molecular weight is 725 g/mol. The summed E-state index contributed by atoms with van der Waals surface area (Å²) in [5.74, 6) is -1.75. The zero-order valence-corrected chi connectivity index (χ0v) is 29.0. The minimum absolute atomic E-state index is 0.0439. The normalized spacial score (nSPS) is 11.6. The van der Waals surface area contributed by atoms with Gasteiger partial charge in [-0.25, -0.2) is 4.79 Å². The molecule has 3 amide bonds. The molecule has 0 heterocycles. The van der Waals surface area contributed by atoms with Gasteiger partial charge in [-0.3, -0.25) is 14.4 Å². The second-order valence-corrected chi connectivity index (χ2v) is 12.7. The van der Waals surface area contributed by atoms with E-state index < -0.39 is 23.0 Å². The van der Waals surface area contributed by atoms with Crippen molar-refractivity contribution in [2.24, 2.45) is 0 Å². The number of amides is 3. The molecule has 252 valence electrons. The molecule has 0 aliphatic carbocycles. The van der Waals surface area contributed by atoms with Crippen LogP contribution in [0.15, 0.2) is 138 Å². The van der Waals surface area contributed by atoms with Gasteiger partial charge in [-0.2, -0.15) is 0 Å². The van der Waals surface area contributed by atoms with E-state index in [9.17, 15) is 19.2 Å². The third kappa shape index (κ3) is 9.63. The maximum absolute atomic E-state index is 13.6. The molecule has 5 aromatic carbocycles. The molecule has 3 N–H and O–H groups in total. The standard InChI is InChI=1S/C39H31Cl2N3O5S/c1-2-49-39(48)27-16-18-29(19-17-27)43-38(47)35(25-10-5-3-6-11-25)50-31-22-20-30(21-23-31)42-37(46)33(24-28-14-9-15-32(40)34(28)41)44-36(45)26-12-7-4-8-13-26/h3-24,35H,2H2,1H3,(H,42,46)(H,43,47)(H,44,45)/b33-24-. The van der Waals surface area contributed by atoms with Crippen LogP contribution in [0.1, 0.15) is 44.0 Å². The number of nitrogens with one attached hydrogen (secondary N) is 3. The third-order valence-electron chi connectivity index (χ3n) is 7.18. The fourth-order valence-corrected chi connectivity index (χ4v) is 6.08. The lowest BCUT2D eigenvalue weighted by molar-refractivity contribution is -0.116. The molecule has 50 heavy (non-hydrogen) atoms. The molecule has 11 heteroatoms. The van der Waals surface area contributed by atoms with E-state index in [0.29, 0.717) is 33.1 Å². The number of halogens is 2. The van der Waals surface area contributed by atoms with Gasteiger partial charge in [-0.15, -0.1) is 11.8 Å². The summed E-state index contributed by atoms with van der Waals surface area (Å²) < 4.78 is 5.04. The molecule has 1 atom stereocenters. The van der Waals surface area contributed by atoms with Gasteiger partial charge in [0, 0.05) is 21.8 Å². The fourth-order valence-electron chi connectivity index (χ4n) is 4.69. The molecule has 0 saturated heterocycles. The summed E-state index contributed by atoms with van der Waals surface area (Å²) in [4.78, 5) is 52.9. The third-order valence-corrected chi connectivity index (χ3v) is 9.28. The largest absolute Gasteiger partial charge is 0.462 e. The first kappa shape index (κ1) is 35.9. The van der Waals surface area contributed by atoms with Crippen molar-refractivity contribution in [1.82, 2.24) is 5.32 Å². The van der Waals surface area contributed by atoms with Crippen molar-refractivity contribution in [2.75, 3.05) is 17.2 Å². The lowest BCUT2D eigenvalue weighted by atomic mass is 10.1. The second-order valence-electron chi connectivity index (χ2n) is 10.7. The van der Waals surface area contributed by atoms with Crippen molar-refractivity contribution >= 4 is 76.1 Å². The molecule has 0 aliphatic rings. The van der Waals surface area contributed by atoms with Gasteiger partial charge in [0.1, 0.15) is 10.9 Å². The molecular weight excluding hydrogens is 693 g/mol. The van der Waals surface area contributed by atoms with Crippen LogP contribution in [0.25, 0.3) is 6.08 Å². The molecule has 5 aromatic rings. The van der Waals surface area contributed by atoms with E-state index in [1.807, 2.05) is 30.3 Å². The first-order valence-corrected chi connectivity index (χ1v) is 17.1. The van der Waals surface area contributed by atoms with Crippen LogP contribution >= 0.6 is 35.0 Å². The van der Waals surface area contributed by atoms with Crippen LogP contribution in [-0.2, 0) is 14.3 Å². The number of hydrogen-bond donors (Lipinski definition) is 3. The van der Waals surface area contributed by atoms with Gasteiger partial charge in [0.2, 0.25) is 5.91 Å². The van der Waals surface area contributed by atoms with Crippen LogP contribution in [0.3, 0.4) is 0 Å². The topological polar surface area (TPSA) is 114 Å². The number of hydrogen-bond acceptors (Lipinski definition) is 6. The average Bonchev–Trinajstić information content (AvgIpc) is 3.13. The molecule has 0 aliphatic heterocycles. The van der Waals surface area contributed by atoms with E-state index in [1.165, 1.54) is 17.8 Å². The first-order chi connectivity index (χ1) is 24.2. The van der Waals surface area contributed by atoms with Crippen LogP contribution in [0.4, 0.5) is 11.4 Å². The van der Waals surface area contributed by atoms with E-state index >= 15 is 0 Å². The van der Waals surface area contributed by atoms with E-state index in [4.69, 9.17) is 27.9 Å². The minimum atomic E-state index is -0.619. The molecule has 0 aromatic heterocycles.